The van der Waals surface area contributed by atoms with Crippen LogP contribution in [0.2, 0.25) is 10.0 Å². The van der Waals surface area contributed by atoms with E-state index in [9.17, 15) is 22.8 Å². The van der Waals surface area contributed by atoms with Gasteiger partial charge in [0.15, 0.2) is 0 Å². The maximum atomic E-state index is 13.7. The van der Waals surface area contributed by atoms with Gasteiger partial charge in [-0.2, -0.15) is 13.2 Å². The molecule has 5 nitrogen and oxygen atoms in total. The highest BCUT2D eigenvalue weighted by Gasteiger charge is 2.45. The molecule has 0 spiro atoms. The van der Waals surface area contributed by atoms with Crippen LogP contribution in [0.15, 0.2) is 42.5 Å². The summed E-state index contributed by atoms with van der Waals surface area (Å²) < 4.78 is 52.3. The molecular weight excluding hydrogens is 542 g/mol. The van der Waals surface area contributed by atoms with Crippen LogP contribution in [-0.4, -0.2) is 36.4 Å². The fourth-order valence-electron chi connectivity index (χ4n) is 4.05. The highest BCUT2D eigenvalue weighted by atomic mass is 35.5. The summed E-state index contributed by atoms with van der Waals surface area (Å²) in [5.41, 5.74) is -0.655. The van der Waals surface area contributed by atoms with Gasteiger partial charge in [0, 0.05) is 18.1 Å². The maximum Gasteiger partial charge on any atom is 0.392 e. The zero-order valence-corrected chi connectivity index (χ0v) is 24.0. The Hall–Kier alpha value is -2.29. The van der Waals surface area contributed by atoms with E-state index in [1.165, 1.54) is 37.4 Å². The normalized spacial score (nSPS) is 14.9. The minimum atomic E-state index is -4.63. The topological polar surface area (TPSA) is 64.6 Å². The first kappa shape index (κ1) is 31.9. The van der Waals surface area contributed by atoms with E-state index < -0.39 is 47.0 Å². The second kappa shape index (κ2) is 12.3. The van der Waals surface area contributed by atoms with Gasteiger partial charge in [-0.15, -0.1) is 0 Å². The minimum Gasteiger partial charge on any atom is -0.460 e. The molecule has 38 heavy (non-hydrogen) atoms. The largest absolute Gasteiger partial charge is 0.460 e. The summed E-state index contributed by atoms with van der Waals surface area (Å²) in [4.78, 5) is 26.0. The van der Waals surface area contributed by atoms with E-state index in [-0.39, 0.29) is 22.7 Å². The molecule has 1 N–H and O–H groups in total. The number of carbonyl (C=O) groups is 2. The van der Waals surface area contributed by atoms with E-state index in [1.807, 2.05) is 0 Å². The van der Waals surface area contributed by atoms with Gasteiger partial charge in [0.2, 0.25) is 5.91 Å². The number of hydrogen-bond acceptors (Lipinski definition) is 4. The molecule has 2 aromatic rings. The summed E-state index contributed by atoms with van der Waals surface area (Å²) in [6.45, 7) is 9.84. The molecule has 210 valence electrons. The van der Waals surface area contributed by atoms with Crippen LogP contribution >= 0.6 is 23.2 Å². The van der Waals surface area contributed by atoms with Crippen molar-refractivity contribution in [3.8, 4) is 0 Å². The van der Waals surface area contributed by atoms with Gasteiger partial charge in [0.05, 0.1) is 34.6 Å². The molecule has 0 bridgehead atoms. The lowest BCUT2D eigenvalue weighted by molar-refractivity contribution is -0.178. The van der Waals surface area contributed by atoms with Gasteiger partial charge in [0.1, 0.15) is 5.60 Å². The third kappa shape index (κ3) is 8.61. The van der Waals surface area contributed by atoms with Crippen molar-refractivity contribution < 1.29 is 32.2 Å². The molecule has 0 saturated heterocycles. The van der Waals surface area contributed by atoms with Gasteiger partial charge >= 0.3 is 12.1 Å². The summed E-state index contributed by atoms with van der Waals surface area (Å²) in [6, 6.07) is 10.4. The molecule has 0 aromatic heterocycles. The van der Waals surface area contributed by atoms with Crippen molar-refractivity contribution in [1.29, 1.82) is 0 Å². The number of hydrogen-bond donors (Lipinski definition) is 1. The van der Waals surface area contributed by atoms with Gasteiger partial charge < -0.3 is 14.8 Å². The number of rotatable bonds is 9. The first-order valence-corrected chi connectivity index (χ1v) is 12.8. The molecule has 2 rings (SSSR count). The second-order valence-corrected chi connectivity index (χ2v) is 11.6. The lowest BCUT2D eigenvalue weighted by atomic mass is 9.81. The molecule has 3 atom stereocenters. The van der Waals surface area contributed by atoms with E-state index in [0.717, 1.165) is 6.92 Å². The Bertz CT molecular complexity index is 1130. The predicted molar refractivity (Wildman–Crippen MR) is 144 cm³/mol. The van der Waals surface area contributed by atoms with Gasteiger partial charge in [-0.05, 0) is 70.0 Å². The van der Waals surface area contributed by atoms with Crippen molar-refractivity contribution in [2.45, 2.75) is 77.2 Å². The molecule has 1 unspecified atom stereocenters. The zero-order chi connectivity index (χ0) is 29.1. The van der Waals surface area contributed by atoms with Crippen molar-refractivity contribution in [2.75, 3.05) is 12.4 Å². The molecule has 0 aliphatic rings. The second-order valence-electron chi connectivity index (χ2n) is 10.7. The van der Waals surface area contributed by atoms with Crippen LogP contribution in [-0.2, 0) is 19.1 Å². The standard InChI is InChI=1S/C28H34Cl2F3NO4/c1-16(28(31,32)33)24(17-8-11-19(29)12-9-17)25(36)34-22-14-18(10-13-21(22)30)20(27(5,6)37-7)15-23(35)38-26(2,3)4/h8-14,16,20,24H,15H2,1-7H3,(H,34,36)/t16-,20?,24+/m1/s1. The zero-order valence-electron chi connectivity index (χ0n) is 22.5. The molecule has 0 radical (unpaired) electrons. The fraction of sp³-hybridized carbons (Fsp3) is 0.500. The number of carbonyl (C=O) groups excluding carboxylic acids is 2. The van der Waals surface area contributed by atoms with Gasteiger partial charge in [0.25, 0.3) is 0 Å². The predicted octanol–water partition coefficient (Wildman–Crippen LogP) is 8.15. The SMILES string of the molecule is COC(C)(C)C(CC(=O)OC(C)(C)C)c1ccc(Cl)c(NC(=O)[C@H](c2ccc(Cl)cc2)[C@@H](C)C(F)(F)F)c1. The molecule has 10 heteroatoms. The molecule has 0 heterocycles. The number of benzene rings is 2. The smallest absolute Gasteiger partial charge is 0.392 e. The average Bonchev–Trinajstić information content (AvgIpc) is 2.78. The molecule has 0 saturated carbocycles. The monoisotopic (exact) mass is 575 g/mol. The molecule has 2 aromatic carbocycles. The van der Waals surface area contributed by atoms with E-state index in [4.69, 9.17) is 32.7 Å². The van der Waals surface area contributed by atoms with E-state index >= 15 is 0 Å². The summed E-state index contributed by atoms with van der Waals surface area (Å²) >= 11 is 12.2. The molecule has 0 aliphatic carbocycles. The summed E-state index contributed by atoms with van der Waals surface area (Å²) in [5.74, 6) is -5.39. The Morgan fingerprint density at radius 3 is 2.00 bits per heavy atom. The number of amides is 1. The van der Waals surface area contributed by atoms with Crippen molar-refractivity contribution in [1.82, 2.24) is 0 Å². The summed E-state index contributed by atoms with van der Waals surface area (Å²) in [5, 5.41) is 3.03. The lowest BCUT2D eigenvalue weighted by Crippen LogP contribution is -2.35. The van der Waals surface area contributed by atoms with Gasteiger partial charge in [-0.3, -0.25) is 9.59 Å². The Morgan fingerprint density at radius 2 is 1.50 bits per heavy atom. The van der Waals surface area contributed by atoms with Gasteiger partial charge in [-0.25, -0.2) is 0 Å². The molecule has 1 amide bonds. The minimum absolute atomic E-state index is 0.0361. The van der Waals surface area contributed by atoms with Crippen LogP contribution in [0.5, 0.6) is 0 Å². The fourth-order valence-corrected chi connectivity index (χ4v) is 4.34. The third-order valence-corrected chi connectivity index (χ3v) is 6.92. The molecular formula is C28H34Cl2F3NO4. The third-order valence-electron chi connectivity index (χ3n) is 6.33. The Labute approximate surface area is 232 Å². The van der Waals surface area contributed by atoms with Crippen LogP contribution < -0.4 is 5.32 Å². The highest BCUT2D eigenvalue weighted by Crippen LogP contribution is 2.40. The first-order chi connectivity index (χ1) is 17.4. The molecule has 0 aliphatic heterocycles. The van der Waals surface area contributed by atoms with E-state index in [2.05, 4.69) is 5.32 Å². The lowest BCUT2D eigenvalue weighted by Gasteiger charge is -2.34. The Morgan fingerprint density at radius 1 is 0.947 bits per heavy atom. The van der Waals surface area contributed by atoms with Crippen molar-refractivity contribution in [3.63, 3.8) is 0 Å². The maximum absolute atomic E-state index is 13.7. The number of ether oxygens (including phenoxy) is 2. The van der Waals surface area contributed by atoms with Crippen LogP contribution in [0.1, 0.15) is 70.9 Å². The van der Waals surface area contributed by atoms with Gasteiger partial charge in [-0.1, -0.05) is 48.3 Å². The van der Waals surface area contributed by atoms with Crippen molar-refractivity contribution in [3.05, 3.63) is 63.6 Å². The van der Waals surface area contributed by atoms with Crippen molar-refractivity contribution >= 4 is 40.8 Å². The van der Waals surface area contributed by atoms with Crippen LogP contribution in [0, 0.1) is 5.92 Å². The van der Waals surface area contributed by atoms with E-state index in [0.29, 0.717) is 10.6 Å². The number of halogens is 5. The number of nitrogens with one attached hydrogen (secondary N) is 1. The average molecular weight is 576 g/mol. The Balaban J connectivity index is 2.47. The number of alkyl halides is 3. The Kier molecular flexibility index (Phi) is 10.3. The number of methoxy groups -OCH3 is 1. The summed E-state index contributed by atoms with van der Waals surface area (Å²) in [7, 11) is 1.51. The quantitative estimate of drug-likeness (QED) is 0.306. The van der Waals surface area contributed by atoms with Crippen LogP contribution in [0.25, 0.3) is 0 Å². The molecule has 0 fully saturated rings. The van der Waals surface area contributed by atoms with Crippen molar-refractivity contribution in [2.24, 2.45) is 5.92 Å². The van der Waals surface area contributed by atoms with Crippen LogP contribution in [0.3, 0.4) is 0 Å². The van der Waals surface area contributed by atoms with E-state index in [1.54, 1.807) is 46.8 Å². The number of anilines is 1. The number of esters is 1. The van der Waals surface area contributed by atoms with Crippen LogP contribution in [0.4, 0.5) is 18.9 Å². The highest BCUT2D eigenvalue weighted by molar-refractivity contribution is 6.33. The first-order valence-electron chi connectivity index (χ1n) is 12.0. The summed E-state index contributed by atoms with van der Waals surface area (Å²) in [6.07, 6.45) is -4.67.